The average molecular weight is 278 g/mol. The van der Waals surface area contributed by atoms with Crippen LogP contribution in [0.4, 0.5) is 13.2 Å². The Labute approximate surface area is 106 Å². The van der Waals surface area contributed by atoms with Crippen molar-refractivity contribution in [3.8, 4) is 5.88 Å². The summed E-state index contributed by atoms with van der Waals surface area (Å²) in [5, 5.41) is 9.67. The number of unbranched alkanes of at least 4 members (excludes halogenated alkanes) is 1. The predicted octanol–water partition coefficient (Wildman–Crippen LogP) is 1.47. The van der Waals surface area contributed by atoms with Crippen LogP contribution in [0.3, 0.4) is 0 Å². The number of aromatic hydroxyl groups is 1. The van der Waals surface area contributed by atoms with E-state index in [0.717, 1.165) is 0 Å². The Bertz CT molecular complexity index is 549. The van der Waals surface area contributed by atoms with Gasteiger partial charge in [-0.15, -0.1) is 0 Å². The Morgan fingerprint density at radius 1 is 1.47 bits per heavy atom. The molecule has 0 spiro atoms. The number of primary amides is 1. The third-order valence-electron chi connectivity index (χ3n) is 2.57. The molecule has 0 saturated heterocycles. The summed E-state index contributed by atoms with van der Waals surface area (Å²) in [6, 6.07) is 0.273. The van der Waals surface area contributed by atoms with Gasteiger partial charge in [-0.1, -0.05) is 13.3 Å². The van der Waals surface area contributed by atoms with Crippen molar-refractivity contribution in [1.82, 2.24) is 4.57 Å². The number of nitrogens with two attached hydrogens (primary N) is 1. The first-order chi connectivity index (χ1) is 8.70. The van der Waals surface area contributed by atoms with Gasteiger partial charge in [0.05, 0.1) is 5.56 Å². The first-order valence-corrected chi connectivity index (χ1v) is 5.54. The van der Waals surface area contributed by atoms with Crippen molar-refractivity contribution in [2.75, 3.05) is 0 Å². The molecule has 0 aliphatic rings. The van der Waals surface area contributed by atoms with Crippen molar-refractivity contribution in [2.45, 2.75) is 32.5 Å². The molecule has 0 aromatic carbocycles. The summed E-state index contributed by atoms with van der Waals surface area (Å²) in [5.41, 5.74) is 1.22. The number of nitrogens with zero attached hydrogens (tertiary/aromatic N) is 1. The maximum absolute atomic E-state index is 12.7. The standard InChI is InChI=1S/C11H13F3N2O3/c1-2-3-4-16-7(17)5-6(11(12,13)14)8(9(15)18)10(16)19/h5,19H,2-4H2,1H3,(H2,15,18). The number of pyridine rings is 1. The monoisotopic (exact) mass is 278 g/mol. The van der Waals surface area contributed by atoms with Crippen LogP contribution in [0.2, 0.25) is 0 Å². The molecule has 0 radical (unpaired) electrons. The molecular formula is C11H13F3N2O3. The number of amides is 1. The lowest BCUT2D eigenvalue weighted by molar-refractivity contribution is -0.138. The van der Waals surface area contributed by atoms with Gasteiger partial charge in [-0.3, -0.25) is 14.2 Å². The predicted molar refractivity (Wildman–Crippen MR) is 60.8 cm³/mol. The quantitative estimate of drug-likeness (QED) is 0.874. The highest BCUT2D eigenvalue weighted by atomic mass is 19.4. The van der Waals surface area contributed by atoms with E-state index in [1.807, 2.05) is 0 Å². The van der Waals surface area contributed by atoms with E-state index in [1.54, 1.807) is 6.92 Å². The van der Waals surface area contributed by atoms with Crippen LogP contribution in [-0.4, -0.2) is 15.6 Å². The minimum Gasteiger partial charge on any atom is -0.494 e. The minimum atomic E-state index is -4.94. The Balaban J connectivity index is 3.55. The Kier molecular flexibility index (Phi) is 4.23. The van der Waals surface area contributed by atoms with Crippen LogP contribution >= 0.6 is 0 Å². The normalized spacial score (nSPS) is 11.6. The number of aromatic nitrogens is 1. The molecule has 0 bridgehead atoms. The highest BCUT2D eigenvalue weighted by Crippen LogP contribution is 2.34. The molecule has 1 aromatic heterocycles. The molecule has 0 fully saturated rings. The fraction of sp³-hybridized carbons (Fsp3) is 0.455. The zero-order valence-corrected chi connectivity index (χ0v) is 10.1. The van der Waals surface area contributed by atoms with Crippen molar-refractivity contribution in [2.24, 2.45) is 5.73 Å². The van der Waals surface area contributed by atoms with E-state index in [2.05, 4.69) is 0 Å². The number of hydrogen-bond donors (Lipinski definition) is 2. The molecule has 1 aromatic rings. The number of rotatable bonds is 4. The fourth-order valence-electron chi connectivity index (χ4n) is 1.63. The zero-order chi connectivity index (χ0) is 14.8. The number of carbonyl (C=O) groups is 1. The second-order valence-corrected chi connectivity index (χ2v) is 3.96. The van der Waals surface area contributed by atoms with Gasteiger partial charge in [-0.2, -0.15) is 13.2 Å². The molecule has 0 aliphatic heterocycles. The summed E-state index contributed by atoms with van der Waals surface area (Å²) in [5.74, 6) is -2.48. The fourth-order valence-corrected chi connectivity index (χ4v) is 1.63. The lowest BCUT2D eigenvalue weighted by atomic mass is 10.1. The summed E-state index contributed by atoms with van der Waals surface area (Å²) in [7, 11) is 0. The van der Waals surface area contributed by atoms with Crippen LogP contribution in [0, 0.1) is 0 Å². The number of carbonyl (C=O) groups excluding carboxylic acids is 1. The largest absolute Gasteiger partial charge is 0.494 e. The molecule has 3 N–H and O–H groups in total. The van der Waals surface area contributed by atoms with Crippen LogP contribution in [0.25, 0.3) is 0 Å². The number of hydrogen-bond acceptors (Lipinski definition) is 3. The number of alkyl halides is 3. The molecule has 8 heteroatoms. The second kappa shape index (κ2) is 5.33. The Morgan fingerprint density at radius 2 is 2.05 bits per heavy atom. The van der Waals surface area contributed by atoms with E-state index in [1.165, 1.54) is 0 Å². The number of halogens is 3. The first-order valence-electron chi connectivity index (χ1n) is 5.54. The van der Waals surface area contributed by atoms with Crippen molar-refractivity contribution < 1.29 is 23.1 Å². The maximum Gasteiger partial charge on any atom is 0.417 e. The molecule has 0 saturated carbocycles. The van der Waals surface area contributed by atoms with Gasteiger partial charge in [-0.25, -0.2) is 0 Å². The van der Waals surface area contributed by atoms with Gasteiger partial charge < -0.3 is 10.8 Å². The Hall–Kier alpha value is -1.99. The Morgan fingerprint density at radius 3 is 2.47 bits per heavy atom. The lowest BCUT2D eigenvalue weighted by Gasteiger charge is -2.15. The van der Waals surface area contributed by atoms with Crippen LogP contribution in [0.15, 0.2) is 10.9 Å². The lowest BCUT2D eigenvalue weighted by Crippen LogP contribution is -2.28. The molecule has 1 rings (SSSR count). The van der Waals surface area contributed by atoms with Crippen molar-refractivity contribution >= 4 is 5.91 Å². The van der Waals surface area contributed by atoms with Gasteiger partial charge >= 0.3 is 6.18 Å². The van der Waals surface area contributed by atoms with E-state index in [4.69, 9.17) is 5.73 Å². The van der Waals surface area contributed by atoms with E-state index < -0.39 is 34.6 Å². The van der Waals surface area contributed by atoms with Crippen molar-refractivity contribution in [1.29, 1.82) is 0 Å². The molecule has 1 heterocycles. The average Bonchev–Trinajstić information content (AvgIpc) is 2.26. The molecule has 0 atom stereocenters. The third-order valence-corrected chi connectivity index (χ3v) is 2.57. The van der Waals surface area contributed by atoms with Gasteiger partial charge in [0.1, 0.15) is 5.56 Å². The summed E-state index contributed by atoms with van der Waals surface area (Å²) in [4.78, 5) is 22.6. The first kappa shape index (κ1) is 15.1. The second-order valence-electron chi connectivity index (χ2n) is 3.96. The van der Waals surface area contributed by atoms with Crippen LogP contribution in [0.5, 0.6) is 5.88 Å². The molecular weight excluding hydrogens is 265 g/mol. The maximum atomic E-state index is 12.7. The van der Waals surface area contributed by atoms with E-state index >= 15 is 0 Å². The summed E-state index contributed by atoms with van der Waals surface area (Å²) in [6.45, 7) is 1.82. The van der Waals surface area contributed by atoms with Crippen molar-refractivity contribution in [3.05, 3.63) is 27.5 Å². The van der Waals surface area contributed by atoms with Crippen LogP contribution < -0.4 is 11.3 Å². The van der Waals surface area contributed by atoms with E-state index in [0.29, 0.717) is 17.4 Å². The van der Waals surface area contributed by atoms with Gasteiger partial charge in [0, 0.05) is 12.6 Å². The summed E-state index contributed by atoms with van der Waals surface area (Å²) < 4.78 is 38.8. The van der Waals surface area contributed by atoms with Gasteiger partial charge in [0.2, 0.25) is 5.88 Å². The van der Waals surface area contributed by atoms with Crippen LogP contribution in [0.1, 0.15) is 35.7 Å². The van der Waals surface area contributed by atoms with Gasteiger partial charge in [0.25, 0.3) is 11.5 Å². The summed E-state index contributed by atoms with van der Waals surface area (Å²) in [6.07, 6.45) is -3.80. The molecule has 5 nitrogen and oxygen atoms in total. The third kappa shape index (κ3) is 3.07. The van der Waals surface area contributed by atoms with Crippen molar-refractivity contribution in [3.63, 3.8) is 0 Å². The highest BCUT2D eigenvalue weighted by Gasteiger charge is 2.38. The molecule has 19 heavy (non-hydrogen) atoms. The molecule has 0 aliphatic carbocycles. The SMILES string of the molecule is CCCCn1c(O)c(C(N)=O)c(C(F)(F)F)cc1=O. The van der Waals surface area contributed by atoms with Gasteiger partial charge in [0.15, 0.2) is 0 Å². The van der Waals surface area contributed by atoms with E-state index in [-0.39, 0.29) is 12.6 Å². The smallest absolute Gasteiger partial charge is 0.417 e. The zero-order valence-electron chi connectivity index (χ0n) is 10.1. The molecule has 106 valence electrons. The van der Waals surface area contributed by atoms with Gasteiger partial charge in [-0.05, 0) is 6.42 Å². The summed E-state index contributed by atoms with van der Waals surface area (Å²) >= 11 is 0. The van der Waals surface area contributed by atoms with E-state index in [9.17, 15) is 27.9 Å². The minimum absolute atomic E-state index is 0.0135. The molecule has 0 unspecified atom stereocenters. The van der Waals surface area contributed by atoms with Crippen LogP contribution in [-0.2, 0) is 12.7 Å². The topological polar surface area (TPSA) is 85.3 Å². The highest BCUT2D eigenvalue weighted by molar-refractivity contribution is 5.96. The molecule has 1 amide bonds.